The van der Waals surface area contributed by atoms with Crippen LogP contribution in [-0.2, 0) is 0 Å². The van der Waals surface area contributed by atoms with Gasteiger partial charge in [0, 0.05) is 17.1 Å². The fourth-order valence-electron chi connectivity index (χ4n) is 2.32. The minimum absolute atomic E-state index is 0.294. The number of alkyl halides is 3. The van der Waals surface area contributed by atoms with Crippen LogP contribution in [0.4, 0.5) is 24.7 Å². The summed E-state index contributed by atoms with van der Waals surface area (Å²) in [5.74, 6) is 0.227. The van der Waals surface area contributed by atoms with Crippen LogP contribution in [0.1, 0.15) is 11.1 Å². The molecule has 3 aromatic rings. The first-order chi connectivity index (χ1) is 11.3. The predicted octanol–water partition coefficient (Wildman–Crippen LogP) is 4.89. The van der Waals surface area contributed by atoms with Crippen molar-refractivity contribution in [3.05, 3.63) is 53.9 Å². The molecule has 0 aliphatic heterocycles. The molecule has 4 nitrogen and oxygen atoms in total. The lowest BCUT2D eigenvalue weighted by Gasteiger charge is -2.12. The molecule has 0 bridgehead atoms. The molecule has 0 aliphatic carbocycles. The molecule has 124 valence electrons. The zero-order valence-corrected chi connectivity index (χ0v) is 13.0. The fourth-order valence-corrected chi connectivity index (χ4v) is 2.32. The zero-order chi connectivity index (χ0) is 17.3. The van der Waals surface area contributed by atoms with Crippen LogP contribution in [0.5, 0.6) is 5.75 Å². The minimum atomic E-state index is -4.73. The van der Waals surface area contributed by atoms with Crippen molar-refractivity contribution in [2.45, 2.75) is 20.2 Å². The Morgan fingerprint density at radius 1 is 1.00 bits per heavy atom. The third-order valence-electron chi connectivity index (χ3n) is 3.58. The van der Waals surface area contributed by atoms with Crippen molar-refractivity contribution in [3.63, 3.8) is 0 Å². The first-order valence-corrected chi connectivity index (χ1v) is 7.16. The molecule has 0 saturated heterocycles. The van der Waals surface area contributed by atoms with E-state index in [-0.39, 0.29) is 5.75 Å². The van der Waals surface area contributed by atoms with Gasteiger partial charge in [0.15, 0.2) is 0 Å². The SMILES string of the molecule is Cc1cc2ncnc(Nc3cccc(OC(F)(F)F)c3)c2cc1C. The highest BCUT2D eigenvalue weighted by molar-refractivity contribution is 5.91. The van der Waals surface area contributed by atoms with Gasteiger partial charge in [0.05, 0.1) is 5.52 Å². The molecule has 1 N–H and O–H groups in total. The van der Waals surface area contributed by atoms with Crippen LogP contribution < -0.4 is 10.1 Å². The molecule has 0 spiro atoms. The molecule has 1 aromatic heterocycles. The van der Waals surface area contributed by atoms with E-state index in [2.05, 4.69) is 20.0 Å². The van der Waals surface area contributed by atoms with Gasteiger partial charge < -0.3 is 10.1 Å². The summed E-state index contributed by atoms with van der Waals surface area (Å²) in [5, 5.41) is 3.82. The number of benzene rings is 2. The van der Waals surface area contributed by atoms with E-state index in [1.165, 1.54) is 24.5 Å². The molecular formula is C17H14F3N3O. The number of hydrogen-bond donors (Lipinski definition) is 1. The van der Waals surface area contributed by atoms with Crippen molar-refractivity contribution in [1.82, 2.24) is 9.97 Å². The minimum Gasteiger partial charge on any atom is -0.406 e. The van der Waals surface area contributed by atoms with E-state index in [1.54, 1.807) is 6.07 Å². The Bertz CT molecular complexity index is 894. The van der Waals surface area contributed by atoms with E-state index in [1.807, 2.05) is 26.0 Å². The molecule has 0 radical (unpaired) electrons. The van der Waals surface area contributed by atoms with Crippen molar-refractivity contribution in [1.29, 1.82) is 0 Å². The number of nitrogens with zero attached hydrogens (tertiary/aromatic N) is 2. The van der Waals surface area contributed by atoms with Crippen LogP contribution in [0.3, 0.4) is 0 Å². The van der Waals surface area contributed by atoms with Gasteiger partial charge in [0.1, 0.15) is 17.9 Å². The predicted molar refractivity (Wildman–Crippen MR) is 85.4 cm³/mol. The van der Waals surface area contributed by atoms with Crippen LogP contribution in [-0.4, -0.2) is 16.3 Å². The highest BCUT2D eigenvalue weighted by Gasteiger charge is 2.31. The molecule has 2 aromatic carbocycles. The van der Waals surface area contributed by atoms with Crippen LogP contribution in [0.25, 0.3) is 10.9 Å². The van der Waals surface area contributed by atoms with Gasteiger partial charge in [-0.2, -0.15) is 0 Å². The molecule has 0 atom stereocenters. The largest absolute Gasteiger partial charge is 0.573 e. The Morgan fingerprint density at radius 2 is 1.75 bits per heavy atom. The average molecular weight is 333 g/mol. The quantitative estimate of drug-likeness (QED) is 0.741. The van der Waals surface area contributed by atoms with Gasteiger partial charge in [0.25, 0.3) is 0 Å². The van der Waals surface area contributed by atoms with Crippen molar-refractivity contribution < 1.29 is 17.9 Å². The van der Waals surface area contributed by atoms with Gasteiger partial charge in [-0.05, 0) is 49.2 Å². The van der Waals surface area contributed by atoms with Crippen LogP contribution >= 0.6 is 0 Å². The fraction of sp³-hybridized carbons (Fsp3) is 0.176. The van der Waals surface area contributed by atoms with Gasteiger partial charge >= 0.3 is 6.36 Å². The third-order valence-corrected chi connectivity index (χ3v) is 3.58. The van der Waals surface area contributed by atoms with Crippen molar-refractivity contribution in [2.75, 3.05) is 5.32 Å². The Hall–Kier alpha value is -2.83. The number of halogens is 3. The van der Waals surface area contributed by atoms with Gasteiger partial charge in [-0.1, -0.05) is 6.07 Å². The number of aryl methyl sites for hydroxylation is 2. The summed E-state index contributed by atoms with van der Waals surface area (Å²) >= 11 is 0. The summed E-state index contributed by atoms with van der Waals surface area (Å²) in [6.45, 7) is 3.96. The third kappa shape index (κ3) is 3.56. The maximum Gasteiger partial charge on any atom is 0.573 e. The lowest BCUT2D eigenvalue weighted by atomic mass is 10.1. The maximum atomic E-state index is 12.3. The molecule has 24 heavy (non-hydrogen) atoms. The normalized spacial score (nSPS) is 11.5. The molecule has 1 heterocycles. The number of nitrogens with one attached hydrogen (secondary N) is 1. The van der Waals surface area contributed by atoms with Crippen LogP contribution in [0.2, 0.25) is 0 Å². The molecule has 7 heteroatoms. The first-order valence-electron chi connectivity index (χ1n) is 7.16. The highest BCUT2D eigenvalue weighted by Crippen LogP contribution is 2.29. The van der Waals surface area contributed by atoms with Crippen LogP contribution in [0.15, 0.2) is 42.7 Å². The number of aromatic nitrogens is 2. The molecule has 0 saturated carbocycles. The van der Waals surface area contributed by atoms with Gasteiger partial charge in [0.2, 0.25) is 0 Å². The highest BCUT2D eigenvalue weighted by atomic mass is 19.4. The van der Waals surface area contributed by atoms with Crippen molar-refractivity contribution in [2.24, 2.45) is 0 Å². The molecule has 3 rings (SSSR count). The summed E-state index contributed by atoms with van der Waals surface area (Å²) < 4.78 is 40.9. The Balaban J connectivity index is 1.96. The number of anilines is 2. The van der Waals surface area contributed by atoms with Crippen molar-refractivity contribution in [3.8, 4) is 5.75 Å². The lowest BCUT2D eigenvalue weighted by Crippen LogP contribution is -2.17. The Kier molecular flexibility index (Phi) is 4.01. The van der Waals surface area contributed by atoms with E-state index < -0.39 is 6.36 Å². The van der Waals surface area contributed by atoms with Crippen LogP contribution in [0, 0.1) is 13.8 Å². The van der Waals surface area contributed by atoms with E-state index in [9.17, 15) is 13.2 Å². The second kappa shape index (κ2) is 5.99. The molecule has 0 aliphatic rings. The number of fused-ring (bicyclic) bond motifs is 1. The van der Waals surface area contributed by atoms with Gasteiger partial charge in [-0.25, -0.2) is 9.97 Å². The number of rotatable bonds is 3. The second-order valence-corrected chi connectivity index (χ2v) is 5.38. The Morgan fingerprint density at radius 3 is 2.50 bits per heavy atom. The molecule has 0 amide bonds. The smallest absolute Gasteiger partial charge is 0.406 e. The van der Waals surface area contributed by atoms with E-state index in [0.29, 0.717) is 11.5 Å². The van der Waals surface area contributed by atoms with Gasteiger partial charge in [-0.15, -0.1) is 13.2 Å². The topological polar surface area (TPSA) is 47.0 Å². The summed E-state index contributed by atoms with van der Waals surface area (Å²) in [7, 11) is 0. The molecule has 0 unspecified atom stereocenters. The van der Waals surface area contributed by atoms with Crippen molar-refractivity contribution >= 4 is 22.4 Å². The summed E-state index contributed by atoms with van der Waals surface area (Å²) in [5.41, 5.74) is 3.38. The maximum absolute atomic E-state index is 12.3. The lowest BCUT2D eigenvalue weighted by molar-refractivity contribution is -0.274. The second-order valence-electron chi connectivity index (χ2n) is 5.38. The number of ether oxygens (including phenoxy) is 1. The first kappa shape index (κ1) is 16.0. The zero-order valence-electron chi connectivity index (χ0n) is 13.0. The average Bonchev–Trinajstić information content (AvgIpc) is 2.48. The van der Waals surface area contributed by atoms with E-state index >= 15 is 0 Å². The molecule has 0 fully saturated rings. The summed E-state index contributed by atoms with van der Waals surface area (Å²) in [4.78, 5) is 8.42. The van der Waals surface area contributed by atoms with Gasteiger partial charge in [-0.3, -0.25) is 0 Å². The van der Waals surface area contributed by atoms with E-state index in [0.717, 1.165) is 22.0 Å². The Labute approximate surface area is 136 Å². The summed E-state index contributed by atoms with van der Waals surface area (Å²) in [6.07, 6.45) is -3.32. The molecular weight excluding hydrogens is 319 g/mol. The standard InChI is InChI=1S/C17H14F3N3O/c1-10-6-14-15(7-11(10)2)21-9-22-16(14)23-12-4-3-5-13(8-12)24-17(18,19)20/h3-9H,1-2H3,(H,21,22,23). The monoisotopic (exact) mass is 333 g/mol. The summed E-state index contributed by atoms with van der Waals surface area (Å²) in [6, 6.07) is 9.51. The van der Waals surface area contributed by atoms with E-state index in [4.69, 9.17) is 0 Å². The number of hydrogen-bond acceptors (Lipinski definition) is 4.